The van der Waals surface area contributed by atoms with E-state index in [-0.39, 0.29) is 28.8 Å². The van der Waals surface area contributed by atoms with Crippen molar-refractivity contribution in [3.63, 3.8) is 0 Å². The number of allylic oxidation sites excluding steroid dienone is 1. The van der Waals surface area contributed by atoms with Gasteiger partial charge in [0.05, 0.1) is 37.9 Å². The Kier molecular flexibility index (Phi) is 8.06. The molecule has 0 spiro atoms. The van der Waals surface area contributed by atoms with Crippen molar-refractivity contribution < 1.29 is 32.9 Å². The molecule has 0 aliphatic rings. The van der Waals surface area contributed by atoms with Crippen LogP contribution in [0.5, 0.6) is 17.2 Å². The minimum atomic E-state index is -1.09. The van der Waals surface area contributed by atoms with E-state index in [0.717, 1.165) is 6.07 Å². The Morgan fingerprint density at radius 2 is 1.81 bits per heavy atom. The van der Waals surface area contributed by atoms with Crippen LogP contribution in [0.15, 0.2) is 35.3 Å². The number of carboxylic acid groups (broad SMARTS) is 1. The maximum Gasteiger partial charge on any atom is 0.325 e. The van der Waals surface area contributed by atoms with Crippen molar-refractivity contribution in [2.75, 3.05) is 32.7 Å². The third kappa shape index (κ3) is 5.78. The van der Waals surface area contributed by atoms with Crippen LogP contribution in [0.25, 0.3) is 0 Å². The number of nitrogens with two attached hydrogens (primary N) is 1. The molecule has 0 unspecified atom stereocenters. The first-order chi connectivity index (χ1) is 14.8. The van der Waals surface area contributed by atoms with Gasteiger partial charge in [-0.3, -0.25) is 9.79 Å². The Hall–Kier alpha value is -3.96. The van der Waals surface area contributed by atoms with E-state index in [1.54, 1.807) is 7.05 Å². The molecule has 0 radical (unpaired) electrons. The molecule has 1 aromatic carbocycles. The van der Waals surface area contributed by atoms with Crippen LogP contribution in [0.3, 0.4) is 0 Å². The second kappa shape index (κ2) is 10.7. The van der Waals surface area contributed by atoms with Crippen molar-refractivity contribution in [2.24, 2.45) is 10.7 Å². The zero-order valence-corrected chi connectivity index (χ0v) is 17.0. The molecule has 166 valence electrons. The summed E-state index contributed by atoms with van der Waals surface area (Å²) in [7, 11) is 4.09. The first kappa shape index (κ1) is 23.3. The second-order valence-corrected chi connectivity index (χ2v) is 5.91. The number of nitrogens with zero attached hydrogens (tertiary/aromatic N) is 4. The minimum Gasteiger partial charge on any atom is -0.494 e. The minimum absolute atomic E-state index is 0.149. The summed E-state index contributed by atoms with van der Waals surface area (Å²) in [5.74, 6) is -2.92. The number of hydrogen-bond donors (Lipinski definition) is 2. The number of rotatable bonds is 10. The van der Waals surface area contributed by atoms with Gasteiger partial charge in [0.15, 0.2) is 28.9 Å². The number of carboxylic acids is 1. The molecule has 0 fully saturated rings. The van der Waals surface area contributed by atoms with Gasteiger partial charge in [0.1, 0.15) is 13.2 Å². The molecule has 12 heteroatoms. The highest BCUT2D eigenvalue weighted by molar-refractivity contribution is 5.84. The molecule has 1 heterocycles. The van der Waals surface area contributed by atoms with Crippen LogP contribution in [-0.2, 0) is 11.4 Å². The summed E-state index contributed by atoms with van der Waals surface area (Å²) < 4.78 is 44.0. The molecule has 0 aliphatic heterocycles. The van der Waals surface area contributed by atoms with E-state index in [2.05, 4.69) is 15.0 Å². The average Bonchev–Trinajstić information content (AvgIpc) is 2.76. The van der Waals surface area contributed by atoms with Gasteiger partial charge in [-0.25, -0.2) is 18.7 Å². The van der Waals surface area contributed by atoms with E-state index in [1.165, 1.54) is 43.9 Å². The first-order valence-corrected chi connectivity index (χ1v) is 8.73. The van der Waals surface area contributed by atoms with Gasteiger partial charge in [0.2, 0.25) is 5.95 Å². The number of anilines is 1. The zero-order valence-electron chi connectivity index (χ0n) is 17.0. The molecule has 0 amide bonds. The van der Waals surface area contributed by atoms with Crippen molar-refractivity contribution in [3.05, 3.63) is 47.6 Å². The summed E-state index contributed by atoms with van der Waals surface area (Å²) in [5, 5.41) is 8.63. The number of hydrogen-bond acceptors (Lipinski definition) is 9. The van der Waals surface area contributed by atoms with Crippen LogP contribution in [0.2, 0.25) is 0 Å². The number of methoxy groups -OCH3 is 2. The van der Waals surface area contributed by atoms with Crippen LogP contribution in [-0.4, -0.2) is 55.1 Å². The molecule has 0 saturated carbocycles. The molecule has 0 aliphatic carbocycles. The highest BCUT2D eigenvalue weighted by Crippen LogP contribution is 2.32. The largest absolute Gasteiger partial charge is 0.494 e. The van der Waals surface area contributed by atoms with Crippen molar-refractivity contribution in [1.82, 2.24) is 9.97 Å². The van der Waals surface area contributed by atoms with Crippen LogP contribution < -0.4 is 24.8 Å². The van der Waals surface area contributed by atoms with Crippen LogP contribution in [0.4, 0.5) is 14.7 Å². The van der Waals surface area contributed by atoms with Gasteiger partial charge in [-0.05, 0) is 0 Å². The van der Waals surface area contributed by atoms with E-state index in [4.69, 9.17) is 25.1 Å². The summed E-state index contributed by atoms with van der Waals surface area (Å²) in [4.78, 5) is 23.9. The Morgan fingerprint density at radius 3 is 2.29 bits per heavy atom. The van der Waals surface area contributed by atoms with Gasteiger partial charge >= 0.3 is 5.97 Å². The molecule has 0 bridgehead atoms. The standard InChI is InChI=1S/C19H21F2N5O5/c1-26(11(5-22)6-23-9-16(27)28)19-24-7-12(8-25-19)31-10-13-17(20)14(29-2)4-15(30-3)18(13)21/h4-8H,9-10,22H2,1-3H3,(H,27,28). The monoisotopic (exact) mass is 437 g/mol. The van der Waals surface area contributed by atoms with Gasteiger partial charge in [-0.15, -0.1) is 0 Å². The molecule has 31 heavy (non-hydrogen) atoms. The lowest BCUT2D eigenvalue weighted by Gasteiger charge is -2.17. The lowest BCUT2D eigenvalue weighted by Crippen LogP contribution is -2.21. The summed E-state index contributed by atoms with van der Waals surface area (Å²) >= 11 is 0. The zero-order chi connectivity index (χ0) is 23.0. The molecule has 0 saturated heterocycles. The van der Waals surface area contributed by atoms with Crippen LogP contribution in [0.1, 0.15) is 5.56 Å². The number of carbonyl (C=O) groups is 1. The topological polar surface area (TPSA) is 132 Å². The molecule has 0 atom stereocenters. The number of aromatic nitrogens is 2. The number of halogens is 2. The van der Waals surface area contributed by atoms with E-state index in [0.29, 0.717) is 5.70 Å². The normalized spacial score (nSPS) is 11.5. The molecule has 1 aromatic heterocycles. The maximum atomic E-state index is 14.4. The lowest BCUT2D eigenvalue weighted by atomic mass is 10.1. The molecular weight excluding hydrogens is 416 g/mol. The SMILES string of the molecule is COc1cc(OC)c(F)c(COc2cnc(N(C)C(C=NCC(=O)O)=CN)nc2)c1F. The Morgan fingerprint density at radius 1 is 1.23 bits per heavy atom. The highest BCUT2D eigenvalue weighted by Gasteiger charge is 2.20. The van der Waals surface area contributed by atoms with E-state index < -0.39 is 30.8 Å². The predicted octanol–water partition coefficient (Wildman–Crippen LogP) is 1.74. The van der Waals surface area contributed by atoms with Gasteiger partial charge < -0.3 is 30.0 Å². The predicted molar refractivity (Wildman–Crippen MR) is 107 cm³/mol. The Balaban J connectivity index is 2.13. The average molecular weight is 437 g/mol. The molecular formula is C19H21F2N5O5. The van der Waals surface area contributed by atoms with Crippen molar-refractivity contribution in [1.29, 1.82) is 0 Å². The highest BCUT2D eigenvalue weighted by atomic mass is 19.1. The molecule has 2 aromatic rings. The number of ether oxygens (including phenoxy) is 3. The fourth-order valence-electron chi connectivity index (χ4n) is 2.35. The van der Waals surface area contributed by atoms with Crippen molar-refractivity contribution in [2.45, 2.75) is 6.61 Å². The van der Waals surface area contributed by atoms with Gasteiger partial charge in [0, 0.05) is 25.5 Å². The van der Waals surface area contributed by atoms with E-state index >= 15 is 0 Å². The number of aliphatic imine (C=N–C) groups is 1. The molecule has 10 nitrogen and oxygen atoms in total. The smallest absolute Gasteiger partial charge is 0.325 e. The Bertz CT molecular complexity index is 954. The lowest BCUT2D eigenvalue weighted by molar-refractivity contribution is -0.135. The fourth-order valence-corrected chi connectivity index (χ4v) is 2.35. The third-order valence-corrected chi connectivity index (χ3v) is 3.97. The van der Waals surface area contributed by atoms with Gasteiger partial charge in [0.25, 0.3) is 0 Å². The Labute approximate surface area is 176 Å². The fraction of sp³-hybridized carbons (Fsp3) is 0.263. The van der Waals surface area contributed by atoms with E-state index in [1.807, 2.05) is 0 Å². The summed E-state index contributed by atoms with van der Waals surface area (Å²) in [5.41, 5.74) is 5.51. The third-order valence-electron chi connectivity index (χ3n) is 3.97. The summed E-state index contributed by atoms with van der Waals surface area (Å²) in [6.07, 6.45) is 5.08. The van der Waals surface area contributed by atoms with Crippen molar-refractivity contribution in [3.8, 4) is 17.2 Å². The summed E-state index contributed by atoms with van der Waals surface area (Å²) in [6, 6.07) is 1.10. The van der Waals surface area contributed by atoms with Crippen LogP contribution in [0, 0.1) is 11.6 Å². The summed E-state index contributed by atoms with van der Waals surface area (Å²) in [6.45, 7) is -0.874. The maximum absolute atomic E-state index is 14.4. The van der Waals surface area contributed by atoms with E-state index in [9.17, 15) is 13.6 Å². The van der Waals surface area contributed by atoms with Gasteiger partial charge in [-0.1, -0.05) is 0 Å². The second-order valence-electron chi connectivity index (χ2n) is 5.91. The first-order valence-electron chi connectivity index (χ1n) is 8.73. The molecule has 2 rings (SSSR count). The number of benzene rings is 1. The number of aliphatic carboxylic acids is 1. The quantitative estimate of drug-likeness (QED) is 0.533. The van der Waals surface area contributed by atoms with Crippen molar-refractivity contribution >= 4 is 18.1 Å². The van der Waals surface area contributed by atoms with Gasteiger partial charge in [-0.2, -0.15) is 0 Å². The molecule has 3 N–H and O–H groups in total. The van der Waals surface area contributed by atoms with Crippen LogP contribution >= 0.6 is 0 Å².